The average Bonchev–Trinajstić information content (AvgIpc) is 2.25. The van der Waals surface area contributed by atoms with E-state index in [0.29, 0.717) is 18.9 Å². The predicted molar refractivity (Wildman–Crippen MR) is 58.2 cm³/mol. The molecule has 6 heteroatoms. The molecule has 17 heavy (non-hydrogen) atoms. The summed E-state index contributed by atoms with van der Waals surface area (Å²) >= 11 is 0. The Kier molecular flexibility index (Phi) is 4.41. The Morgan fingerprint density at radius 1 is 1.53 bits per heavy atom. The van der Waals surface area contributed by atoms with Crippen LogP contribution < -0.4 is 5.73 Å². The first kappa shape index (κ1) is 14.3. The van der Waals surface area contributed by atoms with Gasteiger partial charge in [0.2, 0.25) is 5.91 Å². The van der Waals surface area contributed by atoms with Gasteiger partial charge in [-0.15, -0.1) is 0 Å². The van der Waals surface area contributed by atoms with Crippen LogP contribution in [-0.4, -0.2) is 36.1 Å². The third kappa shape index (κ3) is 3.34. The first-order valence-electron chi connectivity index (χ1n) is 5.84. The van der Waals surface area contributed by atoms with Crippen LogP contribution >= 0.6 is 0 Å². The molecule has 3 atom stereocenters. The summed E-state index contributed by atoms with van der Waals surface area (Å²) in [4.78, 5) is 13.1. The van der Waals surface area contributed by atoms with E-state index in [1.165, 1.54) is 4.90 Å². The first-order chi connectivity index (χ1) is 7.77. The van der Waals surface area contributed by atoms with Crippen LogP contribution in [0.1, 0.15) is 26.7 Å². The molecule has 100 valence electrons. The van der Waals surface area contributed by atoms with E-state index < -0.39 is 18.0 Å². The van der Waals surface area contributed by atoms with Crippen LogP contribution in [0.5, 0.6) is 0 Å². The van der Waals surface area contributed by atoms with E-state index in [0.717, 1.165) is 13.3 Å². The van der Waals surface area contributed by atoms with Gasteiger partial charge < -0.3 is 10.6 Å². The molecule has 0 aromatic carbocycles. The van der Waals surface area contributed by atoms with Crippen LogP contribution in [0.2, 0.25) is 0 Å². The lowest BCUT2D eigenvalue weighted by Crippen LogP contribution is -2.52. The summed E-state index contributed by atoms with van der Waals surface area (Å²) in [6, 6.07) is -0.254. The normalized spacial score (nSPS) is 28.0. The maximum atomic E-state index is 12.5. The number of amides is 1. The van der Waals surface area contributed by atoms with E-state index in [1.807, 2.05) is 6.92 Å². The van der Waals surface area contributed by atoms with Gasteiger partial charge in [-0.05, 0) is 25.7 Å². The molecule has 1 rings (SSSR count). The van der Waals surface area contributed by atoms with Crippen molar-refractivity contribution in [2.24, 2.45) is 17.6 Å². The Hall–Kier alpha value is -0.780. The average molecular weight is 252 g/mol. The van der Waals surface area contributed by atoms with Gasteiger partial charge >= 0.3 is 6.18 Å². The number of piperidine rings is 1. The second kappa shape index (κ2) is 5.25. The molecule has 2 N–H and O–H groups in total. The van der Waals surface area contributed by atoms with E-state index in [2.05, 4.69) is 0 Å². The lowest BCUT2D eigenvalue weighted by molar-refractivity contribution is -0.187. The Bertz CT molecular complexity index is 280. The molecule has 0 saturated carbocycles. The Labute approximate surface area is 99.1 Å². The number of alkyl halides is 3. The zero-order valence-corrected chi connectivity index (χ0v) is 10.1. The molecule has 1 saturated heterocycles. The lowest BCUT2D eigenvalue weighted by Gasteiger charge is -2.39. The number of carbonyl (C=O) groups is 1. The summed E-state index contributed by atoms with van der Waals surface area (Å²) in [6.07, 6.45) is -3.04. The zero-order valence-electron chi connectivity index (χ0n) is 10.1. The van der Waals surface area contributed by atoms with Gasteiger partial charge in [0.15, 0.2) is 0 Å². The van der Waals surface area contributed by atoms with Gasteiger partial charge in [0.25, 0.3) is 0 Å². The number of nitrogens with two attached hydrogens (primary N) is 1. The molecule has 0 bridgehead atoms. The molecule has 1 amide bonds. The van der Waals surface area contributed by atoms with Gasteiger partial charge in [-0.3, -0.25) is 4.79 Å². The highest BCUT2D eigenvalue weighted by Gasteiger charge is 2.44. The van der Waals surface area contributed by atoms with Crippen molar-refractivity contribution in [1.82, 2.24) is 4.90 Å². The summed E-state index contributed by atoms with van der Waals surface area (Å²) in [6.45, 7) is 3.54. The minimum atomic E-state index is -4.47. The first-order valence-corrected chi connectivity index (χ1v) is 5.84. The van der Waals surface area contributed by atoms with Gasteiger partial charge in [0, 0.05) is 19.1 Å². The number of rotatable bonds is 2. The number of hydrogen-bond donors (Lipinski definition) is 1. The van der Waals surface area contributed by atoms with E-state index in [-0.39, 0.29) is 12.6 Å². The summed E-state index contributed by atoms with van der Waals surface area (Å²) in [5.74, 6) is -2.38. The minimum absolute atomic E-state index is 0.223. The molecule has 0 spiro atoms. The summed E-state index contributed by atoms with van der Waals surface area (Å²) in [7, 11) is 0. The monoisotopic (exact) mass is 252 g/mol. The van der Waals surface area contributed by atoms with Crippen LogP contribution in [0.3, 0.4) is 0 Å². The highest BCUT2D eigenvalue weighted by atomic mass is 19.4. The Balaban J connectivity index is 2.74. The Morgan fingerprint density at radius 3 is 2.59 bits per heavy atom. The Morgan fingerprint density at radius 2 is 2.12 bits per heavy atom. The third-order valence-corrected chi connectivity index (χ3v) is 3.39. The zero-order chi connectivity index (χ0) is 13.2. The van der Waals surface area contributed by atoms with Gasteiger partial charge in [0.1, 0.15) is 5.92 Å². The maximum absolute atomic E-state index is 12.5. The van der Waals surface area contributed by atoms with Crippen molar-refractivity contribution in [3.8, 4) is 0 Å². The van der Waals surface area contributed by atoms with Crippen LogP contribution in [0.15, 0.2) is 0 Å². The molecule has 0 aromatic heterocycles. The van der Waals surface area contributed by atoms with Gasteiger partial charge in [0.05, 0.1) is 0 Å². The number of halogens is 3. The second-order valence-corrected chi connectivity index (χ2v) is 4.81. The second-order valence-electron chi connectivity index (χ2n) is 4.81. The maximum Gasteiger partial charge on any atom is 0.400 e. The fourth-order valence-corrected chi connectivity index (χ4v) is 2.15. The number of carbonyl (C=O) groups excluding carboxylic acids is 1. The summed E-state index contributed by atoms with van der Waals surface area (Å²) in [5.41, 5.74) is 5.53. The fraction of sp³-hybridized carbons (Fsp3) is 0.909. The standard InChI is InChI=1S/C11H19F3N2O/c1-7-3-4-16(9(5-7)6-15)10(17)8(2)11(12,13)14/h7-9H,3-6,15H2,1-2H3. The van der Waals surface area contributed by atoms with Crippen molar-refractivity contribution in [2.75, 3.05) is 13.1 Å². The molecular weight excluding hydrogens is 233 g/mol. The van der Waals surface area contributed by atoms with Gasteiger partial charge in [-0.25, -0.2) is 0 Å². The summed E-state index contributed by atoms with van der Waals surface area (Å²) in [5, 5.41) is 0. The molecule has 1 aliphatic rings. The summed E-state index contributed by atoms with van der Waals surface area (Å²) < 4.78 is 37.5. The molecule has 1 fully saturated rings. The fourth-order valence-electron chi connectivity index (χ4n) is 2.15. The highest BCUT2D eigenvalue weighted by molar-refractivity contribution is 5.79. The van der Waals surface area contributed by atoms with E-state index in [4.69, 9.17) is 5.73 Å². The number of likely N-dealkylation sites (tertiary alicyclic amines) is 1. The van der Waals surface area contributed by atoms with Gasteiger partial charge in [-0.1, -0.05) is 6.92 Å². The topological polar surface area (TPSA) is 46.3 Å². The molecule has 3 unspecified atom stereocenters. The van der Waals surface area contributed by atoms with Crippen molar-refractivity contribution in [3.63, 3.8) is 0 Å². The number of nitrogens with zero attached hydrogens (tertiary/aromatic N) is 1. The molecule has 0 aromatic rings. The highest BCUT2D eigenvalue weighted by Crippen LogP contribution is 2.30. The van der Waals surface area contributed by atoms with Crippen molar-refractivity contribution in [1.29, 1.82) is 0 Å². The molecule has 1 heterocycles. The van der Waals surface area contributed by atoms with E-state index in [9.17, 15) is 18.0 Å². The predicted octanol–water partition coefficient (Wildman–Crippen LogP) is 1.77. The quantitative estimate of drug-likeness (QED) is 0.814. The molecule has 3 nitrogen and oxygen atoms in total. The minimum Gasteiger partial charge on any atom is -0.338 e. The van der Waals surface area contributed by atoms with Crippen LogP contribution in [0, 0.1) is 11.8 Å². The van der Waals surface area contributed by atoms with Crippen LogP contribution in [0.4, 0.5) is 13.2 Å². The molecule has 0 radical (unpaired) electrons. The van der Waals surface area contributed by atoms with Crippen LogP contribution in [-0.2, 0) is 4.79 Å². The van der Waals surface area contributed by atoms with Crippen LogP contribution in [0.25, 0.3) is 0 Å². The smallest absolute Gasteiger partial charge is 0.338 e. The largest absolute Gasteiger partial charge is 0.400 e. The molecule has 0 aliphatic carbocycles. The van der Waals surface area contributed by atoms with Crippen molar-refractivity contribution >= 4 is 5.91 Å². The third-order valence-electron chi connectivity index (χ3n) is 3.39. The van der Waals surface area contributed by atoms with E-state index in [1.54, 1.807) is 0 Å². The SMILES string of the molecule is CC1CCN(C(=O)C(C)C(F)(F)F)C(CN)C1. The molecule has 1 aliphatic heterocycles. The van der Waals surface area contributed by atoms with Crippen molar-refractivity contribution in [3.05, 3.63) is 0 Å². The van der Waals surface area contributed by atoms with E-state index >= 15 is 0 Å². The molecular formula is C11H19F3N2O. The van der Waals surface area contributed by atoms with Gasteiger partial charge in [-0.2, -0.15) is 13.2 Å². The number of hydrogen-bond acceptors (Lipinski definition) is 2. The lowest BCUT2D eigenvalue weighted by atomic mass is 9.91. The van der Waals surface area contributed by atoms with Crippen molar-refractivity contribution < 1.29 is 18.0 Å². The van der Waals surface area contributed by atoms with Crippen molar-refractivity contribution in [2.45, 2.75) is 38.9 Å².